The smallest absolute Gasteiger partial charge is 0.348 e. The molecule has 0 radical (unpaired) electrons. The topological polar surface area (TPSA) is 99.5 Å². The number of nitrogens with zero attached hydrogens (tertiary/aromatic N) is 2. The molecule has 4 aromatic rings. The maximum absolute atomic E-state index is 13.0. The Kier molecular flexibility index (Phi) is 7.24. The monoisotopic (exact) mass is 497 g/mol. The standard InChI is InChI=1S/C24H20ClN3O5S/c1-15-20-22(34-21(15)24(31)33-12-11-32-16-7-3-2-4-8-16)26-14-28(23(20)30)13-19(29)27-18-10-6-5-9-17(18)25/h2-10,14H,11-13H2,1H3,(H,27,29). The van der Waals surface area contributed by atoms with Gasteiger partial charge in [-0.3, -0.25) is 14.2 Å². The lowest BCUT2D eigenvalue weighted by Crippen LogP contribution is -2.28. The highest BCUT2D eigenvalue weighted by molar-refractivity contribution is 7.20. The van der Waals surface area contributed by atoms with E-state index in [2.05, 4.69) is 10.3 Å². The van der Waals surface area contributed by atoms with Crippen molar-refractivity contribution < 1.29 is 19.1 Å². The van der Waals surface area contributed by atoms with Gasteiger partial charge in [-0.25, -0.2) is 9.78 Å². The number of esters is 1. The van der Waals surface area contributed by atoms with Gasteiger partial charge in [-0.05, 0) is 36.8 Å². The average Bonchev–Trinajstić information content (AvgIpc) is 3.18. The fourth-order valence-corrected chi connectivity index (χ4v) is 4.47. The van der Waals surface area contributed by atoms with Crippen molar-refractivity contribution >= 4 is 50.7 Å². The quantitative estimate of drug-likeness (QED) is 0.288. The molecule has 0 unspecified atom stereocenters. The van der Waals surface area contributed by atoms with Crippen molar-refractivity contribution in [3.05, 3.63) is 86.7 Å². The first-order valence-electron chi connectivity index (χ1n) is 10.3. The zero-order valence-electron chi connectivity index (χ0n) is 18.1. The Bertz CT molecular complexity index is 1400. The molecular formula is C24H20ClN3O5S. The van der Waals surface area contributed by atoms with Crippen molar-refractivity contribution in [1.29, 1.82) is 0 Å². The summed E-state index contributed by atoms with van der Waals surface area (Å²) in [5.74, 6) is -0.304. The van der Waals surface area contributed by atoms with Crippen LogP contribution in [0.2, 0.25) is 5.02 Å². The van der Waals surface area contributed by atoms with Gasteiger partial charge in [0.05, 0.1) is 22.4 Å². The molecule has 0 aliphatic rings. The number of thiophene rings is 1. The maximum Gasteiger partial charge on any atom is 0.348 e. The van der Waals surface area contributed by atoms with Gasteiger partial charge in [0, 0.05) is 0 Å². The first kappa shape index (κ1) is 23.5. The Morgan fingerprint density at radius 1 is 1.09 bits per heavy atom. The molecule has 0 bridgehead atoms. The van der Waals surface area contributed by atoms with E-state index in [1.165, 1.54) is 10.9 Å². The third-order valence-corrected chi connectivity index (χ3v) is 6.40. The fourth-order valence-electron chi connectivity index (χ4n) is 3.25. The summed E-state index contributed by atoms with van der Waals surface area (Å²) in [6.07, 6.45) is 1.29. The molecule has 0 aliphatic heterocycles. The first-order valence-corrected chi connectivity index (χ1v) is 11.5. The third-order valence-electron chi connectivity index (χ3n) is 4.89. The number of para-hydroxylation sites is 2. The predicted octanol–water partition coefficient (Wildman–Crippen LogP) is 4.29. The number of benzene rings is 2. The van der Waals surface area contributed by atoms with Crippen LogP contribution < -0.4 is 15.6 Å². The Morgan fingerprint density at radius 2 is 1.82 bits per heavy atom. The summed E-state index contributed by atoms with van der Waals surface area (Å²) < 4.78 is 12.0. The van der Waals surface area contributed by atoms with E-state index in [1.807, 2.05) is 30.3 Å². The van der Waals surface area contributed by atoms with Crippen LogP contribution in [0.15, 0.2) is 65.7 Å². The number of fused-ring (bicyclic) bond motifs is 1. The van der Waals surface area contributed by atoms with Gasteiger partial charge in [-0.1, -0.05) is 41.9 Å². The lowest BCUT2D eigenvalue weighted by molar-refractivity contribution is -0.116. The number of amides is 1. The van der Waals surface area contributed by atoms with Crippen molar-refractivity contribution in [3.63, 3.8) is 0 Å². The van der Waals surface area contributed by atoms with Gasteiger partial charge in [0.25, 0.3) is 5.56 Å². The number of anilines is 1. The van der Waals surface area contributed by atoms with E-state index < -0.39 is 17.4 Å². The van der Waals surface area contributed by atoms with Crippen LogP contribution in [0.4, 0.5) is 5.69 Å². The minimum atomic E-state index is -0.556. The number of ether oxygens (including phenoxy) is 2. The van der Waals surface area contributed by atoms with Gasteiger partial charge in [0.15, 0.2) is 0 Å². The second-order valence-corrected chi connectivity index (χ2v) is 8.65. The largest absolute Gasteiger partial charge is 0.490 e. The molecule has 0 saturated carbocycles. The molecule has 0 atom stereocenters. The molecule has 0 saturated heterocycles. The van der Waals surface area contributed by atoms with Gasteiger partial charge in [0.2, 0.25) is 5.91 Å². The zero-order valence-corrected chi connectivity index (χ0v) is 19.7. The summed E-state index contributed by atoms with van der Waals surface area (Å²) >= 11 is 7.14. The minimum absolute atomic E-state index is 0.0568. The van der Waals surface area contributed by atoms with E-state index in [0.717, 1.165) is 11.3 Å². The molecule has 2 aromatic heterocycles. The van der Waals surface area contributed by atoms with Crippen LogP contribution in [-0.4, -0.2) is 34.6 Å². The van der Waals surface area contributed by atoms with Gasteiger partial charge >= 0.3 is 5.97 Å². The Morgan fingerprint density at radius 3 is 2.59 bits per heavy atom. The summed E-state index contributed by atoms with van der Waals surface area (Å²) in [5, 5.41) is 3.35. The van der Waals surface area contributed by atoms with Crippen LogP contribution in [0.1, 0.15) is 15.2 Å². The van der Waals surface area contributed by atoms with Gasteiger partial charge < -0.3 is 14.8 Å². The summed E-state index contributed by atoms with van der Waals surface area (Å²) in [6.45, 7) is 1.67. The number of carbonyl (C=O) groups excluding carboxylic acids is 2. The number of aryl methyl sites for hydroxylation is 1. The van der Waals surface area contributed by atoms with Gasteiger partial charge in [0.1, 0.15) is 35.2 Å². The van der Waals surface area contributed by atoms with Gasteiger partial charge in [-0.2, -0.15) is 0 Å². The highest BCUT2D eigenvalue weighted by Gasteiger charge is 2.21. The van der Waals surface area contributed by atoms with E-state index in [9.17, 15) is 14.4 Å². The molecule has 174 valence electrons. The Labute approximate surface area is 203 Å². The number of nitrogens with one attached hydrogen (secondary N) is 1. The van der Waals surface area contributed by atoms with Crippen LogP contribution in [0.25, 0.3) is 10.2 Å². The van der Waals surface area contributed by atoms with E-state index in [-0.39, 0.29) is 30.0 Å². The van der Waals surface area contributed by atoms with Crippen molar-refractivity contribution in [2.75, 3.05) is 18.5 Å². The highest BCUT2D eigenvalue weighted by atomic mass is 35.5. The SMILES string of the molecule is Cc1c(C(=O)OCCOc2ccccc2)sc2ncn(CC(=O)Nc3ccccc3Cl)c(=O)c12. The first-order chi connectivity index (χ1) is 16.4. The number of aromatic nitrogens is 2. The van der Waals surface area contributed by atoms with Crippen LogP contribution in [0.5, 0.6) is 5.75 Å². The molecule has 0 spiro atoms. The average molecular weight is 498 g/mol. The van der Waals surface area contributed by atoms with Gasteiger partial charge in [-0.15, -0.1) is 11.3 Å². The van der Waals surface area contributed by atoms with Crippen LogP contribution >= 0.6 is 22.9 Å². The molecule has 1 amide bonds. The summed E-state index contributed by atoms with van der Waals surface area (Å²) in [5.41, 5.74) is 0.496. The number of hydrogen-bond donors (Lipinski definition) is 1. The molecule has 0 aliphatic carbocycles. The van der Waals surface area contributed by atoms with Crippen molar-refractivity contribution in [3.8, 4) is 5.75 Å². The number of rotatable bonds is 8. The van der Waals surface area contributed by atoms with Crippen LogP contribution in [-0.2, 0) is 16.1 Å². The van der Waals surface area contributed by atoms with Crippen molar-refractivity contribution in [2.45, 2.75) is 13.5 Å². The maximum atomic E-state index is 13.0. The number of carbonyl (C=O) groups is 2. The number of hydrogen-bond acceptors (Lipinski definition) is 7. The molecule has 10 heteroatoms. The molecule has 2 aromatic carbocycles. The van der Waals surface area contributed by atoms with Crippen molar-refractivity contribution in [2.24, 2.45) is 0 Å². The van der Waals surface area contributed by atoms with Crippen LogP contribution in [0.3, 0.4) is 0 Å². The summed E-state index contributed by atoms with van der Waals surface area (Å²) in [7, 11) is 0. The molecule has 8 nitrogen and oxygen atoms in total. The van der Waals surface area contributed by atoms with E-state index in [4.69, 9.17) is 21.1 Å². The Hall–Kier alpha value is -3.69. The van der Waals surface area contributed by atoms with Crippen molar-refractivity contribution in [1.82, 2.24) is 9.55 Å². The zero-order chi connectivity index (χ0) is 24.1. The molecule has 4 rings (SSSR count). The molecule has 1 N–H and O–H groups in total. The molecular weight excluding hydrogens is 478 g/mol. The minimum Gasteiger partial charge on any atom is -0.490 e. The van der Waals surface area contributed by atoms with E-state index in [1.54, 1.807) is 31.2 Å². The lowest BCUT2D eigenvalue weighted by atomic mass is 10.2. The third kappa shape index (κ3) is 5.27. The molecule has 0 fully saturated rings. The Balaban J connectivity index is 1.44. The number of halogens is 1. The second kappa shape index (κ2) is 10.5. The molecule has 34 heavy (non-hydrogen) atoms. The highest BCUT2D eigenvalue weighted by Crippen LogP contribution is 2.27. The summed E-state index contributed by atoms with van der Waals surface area (Å²) in [4.78, 5) is 43.0. The van der Waals surface area contributed by atoms with E-state index in [0.29, 0.717) is 26.9 Å². The molecule has 2 heterocycles. The predicted molar refractivity (Wildman–Crippen MR) is 131 cm³/mol. The fraction of sp³-hybridized carbons (Fsp3) is 0.167. The summed E-state index contributed by atoms with van der Waals surface area (Å²) in [6, 6.07) is 16.0. The lowest BCUT2D eigenvalue weighted by Gasteiger charge is -2.08. The second-order valence-electron chi connectivity index (χ2n) is 7.24. The van der Waals surface area contributed by atoms with E-state index >= 15 is 0 Å². The normalized spacial score (nSPS) is 10.8. The van der Waals surface area contributed by atoms with Crippen LogP contribution in [0, 0.1) is 6.92 Å².